The zero-order valence-corrected chi connectivity index (χ0v) is 11.8. The summed E-state index contributed by atoms with van der Waals surface area (Å²) in [5.74, 6) is 1.17. The molecule has 1 aliphatic rings. The summed E-state index contributed by atoms with van der Waals surface area (Å²) in [4.78, 5) is 0. The molecule has 2 rings (SSSR count). The van der Waals surface area contributed by atoms with E-state index in [2.05, 4.69) is 21.0 Å². The Hall–Kier alpha value is -0.0000000000000000555. The summed E-state index contributed by atoms with van der Waals surface area (Å²) < 4.78 is 2.80. The van der Waals surface area contributed by atoms with Crippen molar-refractivity contribution in [1.82, 2.24) is 9.78 Å². The summed E-state index contributed by atoms with van der Waals surface area (Å²) in [6.45, 7) is 2.85. The number of hydrogen-bond acceptors (Lipinski definition) is 3. The lowest BCUT2D eigenvalue weighted by Gasteiger charge is -2.26. The molecular formula is C11H17BrN2OS. The lowest BCUT2D eigenvalue weighted by molar-refractivity contribution is 0.157. The van der Waals surface area contributed by atoms with Crippen molar-refractivity contribution in [1.29, 1.82) is 0 Å². The second-order valence-electron chi connectivity index (χ2n) is 4.04. The molecule has 2 unspecified atom stereocenters. The third kappa shape index (κ3) is 2.46. The molecule has 0 spiro atoms. The van der Waals surface area contributed by atoms with Gasteiger partial charge in [-0.1, -0.05) is 6.42 Å². The van der Waals surface area contributed by atoms with Gasteiger partial charge in [-0.2, -0.15) is 16.9 Å². The lowest BCUT2D eigenvalue weighted by Crippen LogP contribution is -2.22. The number of rotatable bonds is 3. The van der Waals surface area contributed by atoms with E-state index in [1.807, 2.05) is 23.4 Å². The van der Waals surface area contributed by atoms with E-state index >= 15 is 0 Å². The van der Waals surface area contributed by atoms with Gasteiger partial charge in [0.1, 0.15) is 6.10 Å². The van der Waals surface area contributed by atoms with E-state index in [1.54, 1.807) is 6.20 Å². The Labute approximate surface area is 109 Å². The Morgan fingerprint density at radius 3 is 3.12 bits per heavy atom. The van der Waals surface area contributed by atoms with Gasteiger partial charge in [0.2, 0.25) is 0 Å². The lowest BCUT2D eigenvalue weighted by atomic mass is 10.1. The van der Waals surface area contributed by atoms with Gasteiger partial charge in [-0.25, -0.2) is 0 Å². The average Bonchev–Trinajstić information content (AvgIpc) is 2.70. The van der Waals surface area contributed by atoms with E-state index < -0.39 is 6.10 Å². The van der Waals surface area contributed by atoms with Crippen molar-refractivity contribution in [2.45, 2.75) is 44.1 Å². The van der Waals surface area contributed by atoms with Gasteiger partial charge in [-0.3, -0.25) is 4.68 Å². The maximum atomic E-state index is 10.4. The first kappa shape index (κ1) is 12.5. The summed E-state index contributed by atoms with van der Waals surface area (Å²) in [7, 11) is 0. The van der Waals surface area contributed by atoms with Crippen LogP contribution in [-0.4, -0.2) is 25.9 Å². The molecule has 1 N–H and O–H groups in total. The molecule has 90 valence electrons. The summed E-state index contributed by atoms with van der Waals surface area (Å²) in [5, 5.41) is 15.0. The van der Waals surface area contributed by atoms with E-state index in [1.165, 1.54) is 18.6 Å². The standard InChI is InChI=1S/C11H17BrN2OS/c1-2-14-10(8(12)7-13-14)11(15)9-5-3-4-6-16-9/h7,9,11,15H,2-6H2,1H3. The van der Waals surface area contributed by atoms with Crippen molar-refractivity contribution in [3.8, 4) is 0 Å². The highest BCUT2D eigenvalue weighted by Crippen LogP contribution is 2.37. The maximum Gasteiger partial charge on any atom is 0.109 e. The fraction of sp³-hybridized carbons (Fsp3) is 0.727. The molecule has 1 aromatic heterocycles. The van der Waals surface area contributed by atoms with E-state index in [4.69, 9.17) is 0 Å². The molecule has 3 nitrogen and oxygen atoms in total. The largest absolute Gasteiger partial charge is 0.386 e. The van der Waals surface area contributed by atoms with Gasteiger partial charge in [0.15, 0.2) is 0 Å². The Morgan fingerprint density at radius 2 is 2.50 bits per heavy atom. The van der Waals surface area contributed by atoms with Crippen molar-refractivity contribution in [3.05, 3.63) is 16.4 Å². The van der Waals surface area contributed by atoms with Gasteiger partial charge in [0.25, 0.3) is 0 Å². The fourth-order valence-electron chi connectivity index (χ4n) is 2.11. The molecule has 0 amide bonds. The van der Waals surface area contributed by atoms with Crippen molar-refractivity contribution in [3.63, 3.8) is 0 Å². The predicted molar refractivity (Wildman–Crippen MR) is 70.7 cm³/mol. The Morgan fingerprint density at radius 1 is 1.69 bits per heavy atom. The average molecular weight is 305 g/mol. The van der Waals surface area contributed by atoms with Gasteiger partial charge in [-0.05, 0) is 41.4 Å². The summed E-state index contributed by atoms with van der Waals surface area (Å²) in [6.07, 6.45) is 4.99. The molecule has 0 aromatic carbocycles. The molecule has 1 fully saturated rings. The molecule has 2 atom stereocenters. The van der Waals surface area contributed by atoms with Crippen molar-refractivity contribution in [2.75, 3.05) is 5.75 Å². The molecule has 1 aromatic rings. The third-order valence-electron chi connectivity index (χ3n) is 2.98. The van der Waals surface area contributed by atoms with Crippen LogP contribution in [0, 0.1) is 0 Å². The minimum Gasteiger partial charge on any atom is -0.386 e. The molecule has 1 saturated heterocycles. The number of nitrogens with zero attached hydrogens (tertiary/aromatic N) is 2. The number of aryl methyl sites for hydroxylation is 1. The summed E-state index contributed by atoms with van der Waals surface area (Å²) >= 11 is 5.36. The predicted octanol–water partition coefficient (Wildman–Crippen LogP) is 2.98. The zero-order chi connectivity index (χ0) is 11.5. The first-order chi connectivity index (χ1) is 7.74. The van der Waals surface area contributed by atoms with Gasteiger partial charge < -0.3 is 5.11 Å². The molecule has 0 aliphatic carbocycles. The van der Waals surface area contributed by atoms with Crippen molar-refractivity contribution >= 4 is 27.7 Å². The van der Waals surface area contributed by atoms with Gasteiger partial charge in [0.05, 0.1) is 16.4 Å². The summed E-state index contributed by atoms with van der Waals surface area (Å²) in [6, 6.07) is 0. The Bertz CT molecular complexity index is 350. The van der Waals surface area contributed by atoms with E-state index in [9.17, 15) is 5.11 Å². The first-order valence-corrected chi connectivity index (χ1v) is 7.59. The number of aromatic nitrogens is 2. The quantitative estimate of drug-likeness (QED) is 0.933. The maximum absolute atomic E-state index is 10.4. The highest BCUT2D eigenvalue weighted by atomic mass is 79.9. The molecule has 5 heteroatoms. The molecule has 0 radical (unpaired) electrons. The van der Waals surface area contributed by atoms with Crippen LogP contribution in [0.3, 0.4) is 0 Å². The zero-order valence-electron chi connectivity index (χ0n) is 9.40. The Balaban J connectivity index is 2.18. The number of aliphatic hydroxyl groups is 1. The van der Waals surface area contributed by atoms with Crippen LogP contribution in [0.25, 0.3) is 0 Å². The number of thioether (sulfide) groups is 1. The fourth-order valence-corrected chi connectivity index (χ4v) is 3.96. The second kappa shape index (κ2) is 5.56. The number of hydrogen-bond donors (Lipinski definition) is 1. The van der Waals surface area contributed by atoms with Crippen LogP contribution < -0.4 is 0 Å². The van der Waals surface area contributed by atoms with Crippen LogP contribution in [0.2, 0.25) is 0 Å². The normalized spacial score (nSPS) is 23.3. The smallest absolute Gasteiger partial charge is 0.109 e. The molecule has 0 saturated carbocycles. The van der Waals surface area contributed by atoms with Crippen LogP contribution in [0.4, 0.5) is 0 Å². The van der Waals surface area contributed by atoms with Crippen molar-refractivity contribution in [2.24, 2.45) is 0 Å². The molecule has 2 heterocycles. The van der Waals surface area contributed by atoms with Crippen LogP contribution in [0.15, 0.2) is 10.7 Å². The number of aliphatic hydroxyl groups excluding tert-OH is 1. The highest BCUT2D eigenvalue weighted by molar-refractivity contribution is 9.10. The van der Waals surface area contributed by atoms with Gasteiger partial charge >= 0.3 is 0 Å². The minimum atomic E-state index is -0.401. The molecular weight excluding hydrogens is 288 g/mol. The molecule has 1 aliphatic heterocycles. The highest BCUT2D eigenvalue weighted by Gasteiger charge is 2.27. The van der Waals surface area contributed by atoms with Crippen molar-refractivity contribution < 1.29 is 5.11 Å². The monoisotopic (exact) mass is 304 g/mol. The first-order valence-electron chi connectivity index (χ1n) is 5.75. The van der Waals surface area contributed by atoms with Crippen LogP contribution >= 0.6 is 27.7 Å². The molecule has 0 bridgehead atoms. The molecule has 16 heavy (non-hydrogen) atoms. The third-order valence-corrected chi connectivity index (χ3v) is 5.04. The van der Waals surface area contributed by atoms with Gasteiger partial charge in [-0.15, -0.1) is 0 Å². The van der Waals surface area contributed by atoms with Crippen LogP contribution in [0.5, 0.6) is 0 Å². The topological polar surface area (TPSA) is 38.0 Å². The summed E-state index contributed by atoms with van der Waals surface area (Å²) in [5.41, 5.74) is 0.932. The number of halogens is 1. The SMILES string of the molecule is CCn1ncc(Br)c1C(O)C1CCCCS1. The second-order valence-corrected chi connectivity index (χ2v) is 6.24. The van der Waals surface area contributed by atoms with Gasteiger partial charge in [0, 0.05) is 11.8 Å². The van der Waals surface area contributed by atoms with Crippen LogP contribution in [-0.2, 0) is 6.54 Å². The van der Waals surface area contributed by atoms with Crippen LogP contribution in [0.1, 0.15) is 38.0 Å². The Kier molecular flexibility index (Phi) is 4.33. The van der Waals surface area contributed by atoms with E-state index in [-0.39, 0.29) is 0 Å². The van der Waals surface area contributed by atoms with E-state index in [0.29, 0.717) is 5.25 Å². The van der Waals surface area contributed by atoms with E-state index in [0.717, 1.165) is 23.1 Å². The minimum absolute atomic E-state index is 0.326.